The van der Waals surface area contributed by atoms with Crippen LogP contribution >= 0.6 is 0 Å². The molecule has 0 fully saturated rings. The minimum atomic E-state index is -0.261. The van der Waals surface area contributed by atoms with Crippen LogP contribution in [0.5, 0.6) is 0 Å². The molecule has 3 nitrogen and oxygen atoms in total. The van der Waals surface area contributed by atoms with Crippen molar-refractivity contribution in [1.82, 2.24) is 9.55 Å². The van der Waals surface area contributed by atoms with Crippen molar-refractivity contribution in [2.45, 2.75) is 19.9 Å². The molecule has 0 spiro atoms. The van der Waals surface area contributed by atoms with Gasteiger partial charge < -0.3 is 9.88 Å². The van der Waals surface area contributed by atoms with Gasteiger partial charge in [-0.25, -0.2) is 9.37 Å². The third-order valence-corrected chi connectivity index (χ3v) is 2.19. The highest BCUT2D eigenvalue weighted by molar-refractivity contribution is 5.50. The van der Waals surface area contributed by atoms with Crippen LogP contribution in [0.1, 0.15) is 13.8 Å². The molecule has 0 saturated heterocycles. The molecule has 0 unspecified atom stereocenters. The monoisotopic (exact) mass is 219 g/mol. The first-order chi connectivity index (χ1) is 7.66. The second-order valence-corrected chi connectivity index (χ2v) is 3.94. The van der Waals surface area contributed by atoms with Gasteiger partial charge in [0.15, 0.2) is 0 Å². The van der Waals surface area contributed by atoms with Gasteiger partial charge in [0.2, 0.25) is 0 Å². The van der Waals surface area contributed by atoms with Crippen molar-refractivity contribution < 1.29 is 4.39 Å². The average molecular weight is 219 g/mol. The summed E-state index contributed by atoms with van der Waals surface area (Å²) in [5.41, 5.74) is 1.29. The Morgan fingerprint density at radius 2 is 2.19 bits per heavy atom. The summed E-state index contributed by atoms with van der Waals surface area (Å²) in [6, 6.07) is 5.38. The Bertz CT molecular complexity index is 463. The zero-order chi connectivity index (χ0) is 11.5. The van der Waals surface area contributed by atoms with E-state index in [0.29, 0.717) is 11.7 Å². The van der Waals surface area contributed by atoms with Crippen LogP contribution < -0.4 is 5.32 Å². The van der Waals surface area contributed by atoms with Crippen LogP contribution in [0.25, 0.3) is 5.69 Å². The molecule has 1 aromatic heterocycles. The van der Waals surface area contributed by atoms with Gasteiger partial charge in [-0.2, -0.15) is 0 Å². The van der Waals surface area contributed by atoms with E-state index in [1.54, 1.807) is 29.4 Å². The maximum Gasteiger partial charge on any atom is 0.149 e. The lowest BCUT2D eigenvalue weighted by Gasteiger charge is -2.11. The van der Waals surface area contributed by atoms with Gasteiger partial charge >= 0.3 is 0 Å². The first-order valence-electron chi connectivity index (χ1n) is 5.21. The van der Waals surface area contributed by atoms with E-state index >= 15 is 0 Å². The number of hydrogen-bond donors (Lipinski definition) is 1. The second kappa shape index (κ2) is 4.35. The van der Waals surface area contributed by atoms with Gasteiger partial charge in [0.05, 0.1) is 12.0 Å². The summed E-state index contributed by atoms with van der Waals surface area (Å²) in [6.07, 6.45) is 4.92. The summed E-state index contributed by atoms with van der Waals surface area (Å²) < 4.78 is 15.4. The third kappa shape index (κ3) is 2.21. The molecule has 2 rings (SSSR count). The Hall–Kier alpha value is -1.84. The van der Waals surface area contributed by atoms with Crippen LogP contribution in [0.4, 0.5) is 10.1 Å². The summed E-state index contributed by atoms with van der Waals surface area (Å²) in [6.45, 7) is 4.03. The Morgan fingerprint density at radius 1 is 1.38 bits per heavy atom. The van der Waals surface area contributed by atoms with Gasteiger partial charge in [0.25, 0.3) is 0 Å². The predicted molar refractivity (Wildman–Crippen MR) is 62.3 cm³/mol. The molecule has 0 saturated carbocycles. The number of imidazole rings is 1. The molecule has 0 aliphatic carbocycles. The molecule has 0 amide bonds. The standard InChI is InChI=1S/C12H14FN3/c1-9(2)15-10-3-4-12(11(13)7-10)16-6-5-14-8-16/h3-9,15H,1-2H3. The highest BCUT2D eigenvalue weighted by atomic mass is 19.1. The molecule has 84 valence electrons. The fraction of sp³-hybridized carbons (Fsp3) is 0.250. The predicted octanol–water partition coefficient (Wildman–Crippen LogP) is 2.83. The molecule has 16 heavy (non-hydrogen) atoms. The minimum absolute atomic E-state index is 0.261. The second-order valence-electron chi connectivity index (χ2n) is 3.94. The van der Waals surface area contributed by atoms with Crippen molar-refractivity contribution in [3.05, 3.63) is 42.7 Å². The van der Waals surface area contributed by atoms with Gasteiger partial charge in [-0.1, -0.05) is 0 Å². The van der Waals surface area contributed by atoms with E-state index in [4.69, 9.17) is 0 Å². The van der Waals surface area contributed by atoms with Crippen molar-refractivity contribution in [1.29, 1.82) is 0 Å². The molecule has 0 radical (unpaired) electrons. The van der Waals surface area contributed by atoms with Crippen molar-refractivity contribution in [3.63, 3.8) is 0 Å². The lowest BCUT2D eigenvalue weighted by molar-refractivity contribution is 0.618. The molecule has 0 bridgehead atoms. The SMILES string of the molecule is CC(C)Nc1ccc(-n2ccnc2)c(F)c1. The highest BCUT2D eigenvalue weighted by Crippen LogP contribution is 2.18. The molecule has 0 atom stereocenters. The van der Waals surface area contributed by atoms with Crippen molar-refractivity contribution in [3.8, 4) is 5.69 Å². The molecule has 1 N–H and O–H groups in total. The summed E-state index contributed by atoms with van der Waals surface area (Å²) in [5, 5.41) is 3.15. The molecule has 4 heteroatoms. The summed E-state index contributed by atoms with van der Waals surface area (Å²) in [4.78, 5) is 3.89. The van der Waals surface area contributed by atoms with Gasteiger partial charge in [-0.15, -0.1) is 0 Å². The Balaban J connectivity index is 2.30. The van der Waals surface area contributed by atoms with E-state index in [2.05, 4.69) is 10.3 Å². The quantitative estimate of drug-likeness (QED) is 0.860. The minimum Gasteiger partial charge on any atom is -0.383 e. The molecule has 1 heterocycles. The molecule has 0 aliphatic heterocycles. The highest BCUT2D eigenvalue weighted by Gasteiger charge is 2.05. The molecule has 0 aliphatic rings. The maximum atomic E-state index is 13.8. The van der Waals surface area contributed by atoms with Crippen molar-refractivity contribution in [2.24, 2.45) is 0 Å². The van der Waals surface area contributed by atoms with E-state index in [1.807, 2.05) is 19.9 Å². The molecule has 1 aromatic carbocycles. The normalized spacial score (nSPS) is 10.8. The van der Waals surface area contributed by atoms with Crippen LogP contribution in [-0.2, 0) is 0 Å². The van der Waals surface area contributed by atoms with Crippen LogP contribution in [0, 0.1) is 5.82 Å². The molecular weight excluding hydrogens is 205 g/mol. The zero-order valence-corrected chi connectivity index (χ0v) is 9.31. The number of benzene rings is 1. The van der Waals surface area contributed by atoms with E-state index in [0.717, 1.165) is 5.69 Å². The number of nitrogens with one attached hydrogen (secondary N) is 1. The Morgan fingerprint density at radius 3 is 2.75 bits per heavy atom. The van der Waals surface area contributed by atoms with E-state index in [9.17, 15) is 4.39 Å². The largest absolute Gasteiger partial charge is 0.383 e. The number of aromatic nitrogens is 2. The van der Waals surface area contributed by atoms with E-state index < -0.39 is 0 Å². The first kappa shape index (κ1) is 10.7. The number of halogens is 1. The third-order valence-electron chi connectivity index (χ3n) is 2.19. The summed E-state index contributed by atoms with van der Waals surface area (Å²) in [5.74, 6) is -0.261. The zero-order valence-electron chi connectivity index (χ0n) is 9.31. The average Bonchev–Trinajstić information content (AvgIpc) is 2.69. The maximum absolute atomic E-state index is 13.8. The van der Waals surface area contributed by atoms with Crippen LogP contribution in [0.2, 0.25) is 0 Å². The summed E-state index contributed by atoms with van der Waals surface area (Å²) >= 11 is 0. The van der Waals surface area contributed by atoms with Crippen LogP contribution in [-0.4, -0.2) is 15.6 Å². The fourth-order valence-electron chi connectivity index (χ4n) is 1.54. The Labute approximate surface area is 93.9 Å². The smallest absolute Gasteiger partial charge is 0.149 e. The molecule has 2 aromatic rings. The van der Waals surface area contributed by atoms with Crippen molar-refractivity contribution >= 4 is 5.69 Å². The van der Waals surface area contributed by atoms with Gasteiger partial charge in [0, 0.05) is 24.1 Å². The lowest BCUT2D eigenvalue weighted by atomic mass is 10.2. The summed E-state index contributed by atoms with van der Waals surface area (Å²) in [7, 11) is 0. The van der Waals surface area contributed by atoms with E-state index in [-0.39, 0.29) is 5.82 Å². The molecular formula is C12H14FN3. The number of anilines is 1. The number of nitrogens with zero attached hydrogens (tertiary/aromatic N) is 2. The van der Waals surface area contributed by atoms with Gasteiger partial charge in [-0.05, 0) is 32.0 Å². The first-order valence-corrected chi connectivity index (χ1v) is 5.21. The fourth-order valence-corrected chi connectivity index (χ4v) is 1.54. The van der Waals surface area contributed by atoms with Gasteiger partial charge in [0.1, 0.15) is 5.82 Å². The van der Waals surface area contributed by atoms with Crippen LogP contribution in [0.15, 0.2) is 36.9 Å². The topological polar surface area (TPSA) is 29.9 Å². The lowest BCUT2D eigenvalue weighted by Crippen LogP contribution is -2.10. The van der Waals surface area contributed by atoms with Crippen LogP contribution in [0.3, 0.4) is 0 Å². The van der Waals surface area contributed by atoms with Crippen molar-refractivity contribution in [2.75, 3.05) is 5.32 Å². The van der Waals surface area contributed by atoms with E-state index in [1.165, 1.54) is 6.07 Å². The Kier molecular flexibility index (Phi) is 2.90. The number of hydrogen-bond acceptors (Lipinski definition) is 2. The van der Waals surface area contributed by atoms with Gasteiger partial charge in [-0.3, -0.25) is 0 Å². The number of rotatable bonds is 3.